The van der Waals surface area contributed by atoms with Gasteiger partial charge in [-0.1, -0.05) is 13.0 Å². The third kappa shape index (κ3) is 2.38. The summed E-state index contributed by atoms with van der Waals surface area (Å²) >= 11 is 0. The number of nitrogens with one attached hydrogen (secondary N) is 1. The Hall–Kier alpha value is -1.62. The third-order valence-electron chi connectivity index (χ3n) is 4.56. The van der Waals surface area contributed by atoms with Crippen molar-refractivity contribution in [1.29, 1.82) is 0 Å². The molecule has 20 heavy (non-hydrogen) atoms. The van der Waals surface area contributed by atoms with Gasteiger partial charge in [0.2, 0.25) is 0 Å². The van der Waals surface area contributed by atoms with E-state index in [1.54, 1.807) is 18.2 Å². The molecular weight excluding hydrogens is 254 g/mol. The molecule has 5 nitrogen and oxygen atoms in total. The first kappa shape index (κ1) is 13.4. The zero-order chi connectivity index (χ0) is 14.1. The molecule has 5 heteroatoms. The number of benzene rings is 1. The van der Waals surface area contributed by atoms with Crippen LogP contribution in [0, 0.1) is 10.1 Å². The Morgan fingerprint density at radius 3 is 2.65 bits per heavy atom. The minimum atomic E-state index is -0.309. The molecule has 0 saturated carbocycles. The molecule has 2 bridgehead atoms. The lowest BCUT2D eigenvalue weighted by Crippen LogP contribution is -2.49. The molecule has 1 N–H and O–H groups in total. The van der Waals surface area contributed by atoms with E-state index in [4.69, 9.17) is 0 Å². The number of non-ortho nitro benzene ring substituents is 1. The van der Waals surface area contributed by atoms with Crippen LogP contribution < -0.4 is 10.2 Å². The van der Waals surface area contributed by atoms with E-state index in [-0.39, 0.29) is 10.6 Å². The van der Waals surface area contributed by atoms with Crippen molar-refractivity contribution in [3.05, 3.63) is 34.4 Å². The first-order valence-electron chi connectivity index (χ1n) is 7.45. The summed E-state index contributed by atoms with van der Waals surface area (Å²) in [6.45, 7) is 3.16. The molecular formula is C15H21N3O2. The molecule has 2 saturated heterocycles. The van der Waals surface area contributed by atoms with Gasteiger partial charge in [-0.2, -0.15) is 0 Å². The van der Waals surface area contributed by atoms with Crippen LogP contribution >= 0.6 is 0 Å². The molecule has 2 fully saturated rings. The number of nitrogens with zero attached hydrogens (tertiary/aromatic N) is 2. The Morgan fingerprint density at radius 1 is 1.35 bits per heavy atom. The zero-order valence-corrected chi connectivity index (χ0v) is 11.8. The minimum Gasteiger partial charge on any atom is -0.365 e. The monoisotopic (exact) mass is 275 g/mol. The van der Waals surface area contributed by atoms with Gasteiger partial charge in [0.1, 0.15) is 0 Å². The molecule has 2 aliphatic rings. The van der Waals surface area contributed by atoms with Gasteiger partial charge in [0, 0.05) is 35.9 Å². The number of piperidine rings is 1. The second-order valence-corrected chi connectivity index (χ2v) is 5.80. The van der Waals surface area contributed by atoms with Crippen LogP contribution in [0.1, 0.15) is 32.6 Å². The average Bonchev–Trinajstić information content (AvgIpc) is 2.71. The Balaban J connectivity index is 1.82. The van der Waals surface area contributed by atoms with E-state index in [0.29, 0.717) is 18.1 Å². The van der Waals surface area contributed by atoms with Crippen LogP contribution in [-0.4, -0.2) is 29.6 Å². The van der Waals surface area contributed by atoms with Gasteiger partial charge in [-0.15, -0.1) is 0 Å². The topological polar surface area (TPSA) is 58.4 Å². The first-order chi connectivity index (χ1) is 9.69. The Bertz CT molecular complexity index is 492. The predicted molar refractivity (Wildman–Crippen MR) is 79.1 cm³/mol. The van der Waals surface area contributed by atoms with Gasteiger partial charge in [-0.05, 0) is 38.3 Å². The fraction of sp³-hybridized carbons (Fsp3) is 0.600. The fourth-order valence-electron chi connectivity index (χ4n) is 3.82. The molecule has 0 spiro atoms. The number of hydrogen-bond donors (Lipinski definition) is 1. The lowest BCUT2D eigenvalue weighted by Gasteiger charge is -2.40. The van der Waals surface area contributed by atoms with Crippen molar-refractivity contribution in [3.63, 3.8) is 0 Å². The van der Waals surface area contributed by atoms with Crippen molar-refractivity contribution in [1.82, 2.24) is 5.32 Å². The number of rotatable bonds is 4. The van der Waals surface area contributed by atoms with Gasteiger partial charge >= 0.3 is 0 Å². The van der Waals surface area contributed by atoms with E-state index < -0.39 is 0 Å². The zero-order valence-electron chi connectivity index (χ0n) is 11.8. The van der Waals surface area contributed by atoms with Crippen molar-refractivity contribution in [2.24, 2.45) is 0 Å². The van der Waals surface area contributed by atoms with Crippen LogP contribution in [0.2, 0.25) is 0 Å². The molecule has 0 amide bonds. The summed E-state index contributed by atoms with van der Waals surface area (Å²) in [4.78, 5) is 13.0. The Morgan fingerprint density at radius 2 is 2.05 bits per heavy atom. The average molecular weight is 275 g/mol. The van der Waals surface area contributed by atoms with Gasteiger partial charge in [0.15, 0.2) is 0 Å². The van der Waals surface area contributed by atoms with Crippen molar-refractivity contribution >= 4 is 11.4 Å². The van der Waals surface area contributed by atoms with Gasteiger partial charge in [-0.3, -0.25) is 10.1 Å². The summed E-state index contributed by atoms with van der Waals surface area (Å²) in [5, 5.41) is 14.5. The molecule has 2 aliphatic heterocycles. The molecule has 1 aromatic carbocycles. The Labute approximate surface area is 119 Å². The van der Waals surface area contributed by atoms with Crippen LogP contribution in [-0.2, 0) is 0 Å². The highest BCUT2D eigenvalue weighted by atomic mass is 16.6. The van der Waals surface area contributed by atoms with E-state index in [1.807, 2.05) is 6.07 Å². The summed E-state index contributed by atoms with van der Waals surface area (Å²) in [6.07, 6.45) is 4.70. The molecule has 0 radical (unpaired) electrons. The number of fused-ring (bicyclic) bond motifs is 2. The molecule has 0 aromatic heterocycles. The maximum Gasteiger partial charge on any atom is 0.271 e. The minimum absolute atomic E-state index is 0.190. The van der Waals surface area contributed by atoms with Crippen molar-refractivity contribution in [3.8, 4) is 0 Å². The number of nitro groups is 1. The smallest absolute Gasteiger partial charge is 0.271 e. The van der Waals surface area contributed by atoms with Gasteiger partial charge < -0.3 is 10.2 Å². The summed E-state index contributed by atoms with van der Waals surface area (Å²) < 4.78 is 0. The highest BCUT2D eigenvalue weighted by Crippen LogP contribution is 2.40. The summed E-state index contributed by atoms with van der Waals surface area (Å²) in [7, 11) is 0. The normalized spacial score (nSPS) is 28.6. The molecule has 2 atom stereocenters. The standard InChI is InChI=1S/C15H21N3O2/c1-2-16-11-8-13-6-7-14(9-11)17(13)12-4-3-5-15(10-12)18(19)20/h3-5,10-11,13-14,16H,2,6-9H2,1H3. The molecule has 1 aromatic rings. The van der Waals surface area contributed by atoms with Gasteiger partial charge in [-0.25, -0.2) is 0 Å². The lowest BCUT2D eigenvalue weighted by atomic mass is 9.96. The summed E-state index contributed by atoms with van der Waals surface area (Å²) in [5.74, 6) is 0. The van der Waals surface area contributed by atoms with E-state index in [2.05, 4.69) is 17.1 Å². The lowest BCUT2D eigenvalue weighted by molar-refractivity contribution is -0.384. The van der Waals surface area contributed by atoms with Crippen molar-refractivity contribution in [2.75, 3.05) is 11.4 Å². The van der Waals surface area contributed by atoms with E-state index in [9.17, 15) is 10.1 Å². The van der Waals surface area contributed by atoms with Gasteiger partial charge in [0.05, 0.1) is 4.92 Å². The quantitative estimate of drug-likeness (QED) is 0.678. The largest absolute Gasteiger partial charge is 0.365 e. The van der Waals surface area contributed by atoms with Crippen molar-refractivity contribution in [2.45, 2.75) is 50.7 Å². The maximum absolute atomic E-state index is 10.9. The molecule has 2 heterocycles. The summed E-state index contributed by atoms with van der Waals surface area (Å²) in [6, 6.07) is 8.75. The Kier molecular flexibility index (Phi) is 3.61. The maximum atomic E-state index is 10.9. The highest BCUT2D eigenvalue weighted by Gasteiger charge is 2.40. The van der Waals surface area contributed by atoms with Crippen LogP contribution in [0.3, 0.4) is 0 Å². The number of nitro benzene ring substituents is 1. The molecule has 0 aliphatic carbocycles. The SMILES string of the molecule is CCNC1CC2CCC(C1)N2c1cccc([N+](=O)[O-])c1. The van der Waals surface area contributed by atoms with Crippen LogP contribution in [0.25, 0.3) is 0 Å². The van der Waals surface area contributed by atoms with Crippen LogP contribution in [0.15, 0.2) is 24.3 Å². The molecule has 2 unspecified atom stereocenters. The van der Waals surface area contributed by atoms with E-state index in [0.717, 1.165) is 25.1 Å². The van der Waals surface area contributed by atoms with Crippen LogP contribution in [0.4, 0.5) is 11.4 Å². The molecule has 3 rings (SSSR count). The number of hydrogen-bond acceptors (Lipinski definition) is 4. The first-order valence-corrected chi connectivity index (χ1v) is 7.45. The van der Waals surface area contributed by atoms with Crippen LogP contribution in [0.5, 0.6) is 0 Å². The predicted octanol–water partition coefficient (Wildman–Crippen LogP) is 2.70. The van der Waals surface area contributed by atoms with E-state index in [1.165, 1.54) is 12.8 Å². The molecule has 108 valence electrons. The van der Waals surface area contributed by atoms with Crippen molar-refractivity contribution < 1.29 is 4.92 Å². The third-order valence-corrected chi connectivity index (χ3v) is 4.56. The van der Waals surface area contributed by atoms with Gasteiger partial charge in [0.25, 0.3) is 5.69 Å². The summed E-state index contributed by atoms with van der Waals surface area (Å²) in [5.41, 5.74) is 1.21. The fourth-order valence-corrected chi connectivity index (χ4v) is 3.82. The number of anilines is 1. The highest BCUT2D eigenvalue weighted by molar-refractivity contribution is 5.56. The second kappa shape index (κ2) is 5.40. The van der Waals surface area contributed by atoms with E-state index >= 15 is 0 Å². The second-order valence-electron chi connectivity index (χ2n) is 5.80.